The Labute approximate surface area is 115 Å². The summed E-state index contributed by atoms with van der Waals surface area (Å²) in [5, 5.41) is 0.640. The lowest BCUT2D eigenvalue weighted by Gasteiger charge is -2.10. The third-order valence-electron chi connectivity index (χ3n) is 3.46. The van der Waals surface area contributed by atoms with Crippen molar-refractivity contribution in [2.45, 2.75) is 31.6 Å². The van der Waals surface area contributed by atoms with Crippen molar-refractivity contribution >= 4 is 35.0 Å². The molecule has 0 aliphatic carbocycles. The van der Waals surface area contributed by atoms with Crippen molar-refractivity contribution < 1.29 is 4.39 Å². The zero-order valence-corrected chi connectivity index (χ0v) is 11.8. The van der Waals surface area contributed by atoms with E-state index < -0.39 is 0 Å². The van der Waals surface area contributed by atoms with Gasteiger partial charge in [-0.05, 0) is 55.4 Å². The van der Waals surface area contributed by atoms with Gasteiger partial charge in [0.15, 0.2) is 4.77 Å². The maximum Gasteiger partial charge on any atom is 0.178 e. The molecule has 1 saturated heterocycles. The molecule has 5 heteroatoms. The SMILES string of the molecule is Cc1cc2c(cc1F)[nH]c(=S)n2CC1CCCS1. The first-order valence-corrected chi connectivity index (χ1v) is 7.61. The molecule has 1 aromatic heterocycles. The van der Waals surface area contributed by atoms with Crippen LogP contribution < -0.4 is 0 Å². The molecule has 0 radical (unpaired) electrons. The minimum Gasteiger partial charge on any atom is -0.330 e. The summed E-state index contributed by atoms with van der Waals surface area (Å²) in [5.74, 6) is 1.06. The van der Waals surface area contributed by atoms with Crippen LogP contribution in [0.2, 0.25) is 0 Å². The van der Waals surface area contributed by atoms with E-state index in [1.165, 1.54) is 18.6 Å². The molecule has 2 aromatic rings. The predicted octanol–water partition coefficient (Wildman–Crippen LogP) is 4.04. The van der Waals surface area contributed by atoms with Crippen molar-refractivity contribution in [1.82, 2.24) is 9.55 Å². The fraction of sp³-hybridized carbons (Fsp3) is 0.462. The number of nitrogens with zero attached hydrogens (tertiary/aromatic N) is 1. The Hall–Kier alpha value is -0.810. The number of thioether (sulfide) groups is 1. The van der Waals surface area contributed by atoms with Gasteiger partial charge < -0.3 is 9.55 Å². The number of hydrogen-bond acceptors (Lipinski definition) is 2. The Kier molecular flexibility index (Phi) is 3.20. The van der Waals surface area contributed by atoms with Crippen molar-refractivity contribution in [2.24, 2.45) is 0 Å². The summed E-state index contributed by atoms with van der Waals surface area (Å²) in [7, 11) is 0. The van der Waals surface area contributed by atoms with Gasteiger partial charge in [-0.25, -0.2) is 4.39 Å². The highest BCUT2D eigenvalue weighted by atomic mass is 32.2. The number of aryl methyl sites for hydroxylation is 1. The molecule has 1 N–H and O–H groups in total. The number of imidazole rings is 1. The van der Waals surface area contributed by atoms with E-state index in [0.717, 1.165) is 17.6 Å². The summed E-state index contributed by atoms with van der Waals surface area (Å²) in [6.07, 6.45) is 2.54. The van der Waals surface area contributed by atoms with Crippen LogP contribution in [0.25, 0.3) is 11.0 Å². The predicted molar refractivity (Wildman–Crippen MR) is 77.3 cm³/mol. The van der Waals surface area contributed by atoms with Crippen LogP contribution in [0, 0.1) is 17.5 Å². The van der Waals surface area contributed by atoms with E-state index in [4.69, 9.17) is 12.2 Å². The van der Waals surface area contributed by atoms with Gasteiger partial charge in [0.1, 0.15) is 5.82 Å². The smallest absolute Gasteiger partial charge is 0.178 e. The van der Waals surface area contributed by atoms with Gasteiger partial charge in [0.25, 0.3) is 0 Å². The number of aromatic amines is 1. The van der Waals surface area contributed by atoms with Crippen LogP contribution in [0.5, 0.6) is 0 Å². The Morgan fingerprint density at radius 3 is 3.11 bits per heavy atom. The summed E-state index contributed by atoms with van der Waals surface area (Å²) in [5.41, 5.74) is 2.49. The van der Waals surface area contributed by atoms with E-state index in [2.05, 4.69) is 9.55 Å². The first kappa shape index (κ1) is 12.2. The highest BCUT2D eigenvalue weighted by Gasteiger charge is 2.18. The zero-order valence-electron chi connectivity index (χ0n) is 10.2. The lowest BCUT2D eigenvalue weighted by molar-refractivity contribution is 0.619. The largest absolute Gasteiger partial charge is 0.330 e. The van der Waals surface area contributed by atoms with Crippen molar-refractivity contribution in [1.29, 1.82) is 0 Å². The highest BCUT2D eigenvalue weighted by Crippen LogP contribution is 2.29. The lowest BCUT2D eigenvalue weighted by atomic mass is 10.2. The van der Waals surface area contributed by atoms with Crippen molar-refractivity contribution in [2.75, 3.05) is 5.75 Å². The molecule has 0 bridgehead atoms. The Balaban J connectivity index is 2.07. The highest BCUT2D eigenvalue weighted by molar-refractivity contribution is 8.00. The number of halogens is 1. The molecule has 0 spiro atoms. The number of aromatic nitrogens is 2. The van der Waals surface area contributed by atoms with Crippen molar-refractivity contribution in [3.05, 3.63) is 28.3 Å². The van der Waals surface area contributed by atoms with E-state index in [-0.39, 0.29) is 5.82 Å². The molecule has 1 atom stereocenters. The fourth-order valence-corrected chi connectivity index (χ4v) is 3.99. The van der Waals surface area contributed by atoms with Crippen LogP contribution in [0.1, 0.15) is 18.4 Å². The van der Waals surface area contributed by atoms with E-state index in [9.17, 15) is 4.39 Å². The zero-order chi connectivity index (χ0) is 12.7. The number of nitrogens with one attached hydrogen (secondary N) is 1. The Bertz CT molecular complexity index is 638. The van der Waals surface area contributed by atoms with Gasteiger partial charge in [0.05, 0.1) is 11.0 Å². The molecule has 1 aliphatic heterocycles. The molecule has 2 heterocycles. The van der Waals surface area contributed by atoms with Crippen molar-refractivity contribution in [3.8, 4) is 0 Å². The quantitative estimate of drug-likeness (QED) is 0.839. The van der Waals surface area contributed by atoms with E-state index in [0.29, 0.717) is 15.6 Å². The summed E-state index contributed by atoms with van der Waals surface area (Å²) in [6, 6.07) is 3.43. The maximum absolute atomic E-state index is 13.5. The number of H-pyrrole nitrogens is 1. The van der Waals surface area contributed by atoms with Gasteiger partial charge in [-0.3, -0.25) is 0 Å². The van der Waals surface area contributed by atoms with Gasteiger partial charge >= 0.3 is 0 Å². The van der Waals surface area contributed by atoms with Crippen LogP contribution in [0.15, 0.2) is 12.1 Å². The molecule has 1 unspecified atom stereocenters. The molecular weight excluding hydrogens is 267 g/mol. The second-order valence-corrected chi connectivity index (χ2v) is 6.59. The van der Waals surface area contributed by atoms with E-state index >= 15 is 0 Å². The average molecular weight is 282 g/mol. The topological polar surface area (TPSA) is 20.7 Å². The van der Waals surface area contributed by atoms with Gasteiger partial charge in [-0.1, -0.05) is 0 Å². The van der Waals surface area contributed by atoms with Gasteiger partial charge in [0, 0.05) is 11.8 Å². The average Bonchev–Trinajstić information content (AvgIpc) is 2.92. The van der Waals surface area contributed by atoms with Crippen molar-refractivity contribution in [3.63, 3.8) is 0 Å². The van der Waals surface area contributed by atoms with Crippen LogP contribution in [-0.2, 0) is 6.54 Å². The number of hydrogen-bond donors (Lipinski definition) is 1. The van der Waals surface area contributed by atoms with Crippen LogP contribution in [-0.4, -0.2) is 20.6 Å². The normalized spacial score (nSPS) is 19.8. The summed E-state index contributed by atoms with van der Waals surface area (Å²) in [4.78, 5) is 3.10. The number of benzene rings is 1. The molecule has 1 aliphatic rings. The van der Waals surface area contributed by atoms with Gasteiger partial charge in [-0.2, -0.15) is 11.8 Å². The molecule has 18 heavy (non-hydrogen) atoms. The minimum absolute atomic E-state index is 0.179. The van der Waals surface area contributed by atoms with Crippen LogP contribution in [0.4, 0.5) is 4.39 Å². The second kappa shape index (κ2) is 4.70. The minimum atomic E-state index is -0.179. The molecule has 0 saturated carbocycles. The molecule has 96 valence electrons. The molecule has 3 rings (SSSR count). The second-order valence-electron chi connectivity index (χ2n) is 4.79. The summed E-state index contributed by atoms with van der Waals surface area (Å²) < 4.78 is 16.3. The summed E-state index contributed by atoms with van der Waals surface area (Å²) >= 11 is 7.36. The summed E-state index contributed by atoms with van der Waals surface area (Å²) in [6.45, 7) is 2.72. The van der Waals surface area contributed by atoms with E-state index in [1.807, 2.05) is 17.8 Å². The first-order chi connectivity index (χ1) is 8.65. The maximum atomic E-state index is 13.5. The number of rotatable bonds is 2. The molecule has 1 fully saturated rings. The first-order valence-electron chi connectivity index (χ1n) is 6.15. The lowest BCUT2D eigenvalue weighted by Crippen LogP contribution is -2.09. The van der Waals surface area contributed by atoms with Gasteiger partial charge in [0.2, 0.25) is 0 Å². The standard InChI is InChI=1S/C13H15FN2S2/c1-8-5-12-11(6-10(8)14)15-13(17)16(12)7-9-3-2-4-18-9/h5-6,9H,2-4,7H2,1H3,(H,15,17). The Morgan fingerprint density at radius 2 is 2.39 bits per heavy atom. The van der Waals surface area contributed by atoms with Gasteiger partial charge in [-0.15, -0.1) is 0 Å². The Morgan fingerprint density at radius 1 is 1.56 bits per heavy atom. The third-order valence-corrected chi connectivity index (χ3v) is 5.17. The van der Waals surface area contributed by atoms with Crippen LogP contribution >= 0.6 is 24.0 Å². The fourth-order valence-electron chi connectivity index (χ4n) is 2.46. The molecule has 1 aromatic carbocycles. The number of fused-ring (bicyclic) bond motifs is 1. The monoisotopic (exact) mass is 282 g/mol. The molecule has 0 amide bonds. The third kappa shape index (κ3) is 2.10. The van der Waals surface area contributed by atoms with Crippen LogP contribution in [0.3, 0.4) is 0 Å². The van der Waals surface area contributed by atoms with E-state index in [1.54, 1.807) is 13.0 Å². The molecule has 2 nitrogen and oxygen atoms in total. The molecular formula is C13H15FN2S2.